The van der Waals surface area contributed by atoms with E-state index < -0.39 is 17.4 Å². The molecule has 0 saturated carbocycles. The summed E-state index contributed by atoms with van der Waals surface area (Å²) in [4.78, 5) is 45.6. The van der Waals surface area contributed by atoms with Crippen molar-refractivity contribution in [2.75, 3.05) is 0 Å². The first-order valence-corrected chi connectivity index (χ1v) is 11.9. The predicted octanol–water partition coefficient (Wildman–Crippen LogP) is 7.29. The zero-order valence-electron chi connectivity index (χ0n) is 22.2. The van der Waals surface area contributed by atoms with Crippen LogP contribution >= 0.6 is 0 Å². The Hall–Kier alpha value is -2.70. The Bertz CT molecular complexity index is 900. The van der Waals surface area contributed by atoms with E-state index in [4.69, 9.17) is 19.6 Å². The quantitative estimate of drug-likeness (QED) is 0.276. The van der Waals surface area contributed by atoms with Crippen LogP contribution in [0.15, 0.2) is 48.5 Å². The average Bonchev–Trinajstić information content (AvgIpc) is 2.82. The second kappa shape index (κ2) is 11.4. The number of hydrogen-bond donors (Lipinski definition) is 0. The molecule has 0 heterocycles. The maximum atomic E-state index is 12.5. The van der Waals surface area contributed by atoms with Crippen LogP contribution in [0.4, 0.5) is 0 Å². The van der Waals surface area contributed by atoms with Crippen LogP contribution in [0.25, 0.3) is 0 Å². The first-order valence-electron chi connectivity index (χ1n) is 11.9. The van der Waals surface area contributed by atoms with Crippen molar-refractivity contribution in [3.63, 3.8) is 0 Å². The first-order chi connectivity index (χ1) is 16.2. The number of benzene rings is 2. The van der Waals surface area contributed by atoms with Crippen LogP contribution in [-0.4, -0.2) is 11.9 Å². The van der Waals surface area contributed by atoms with E-state index >= 15 is 0 Å². The largest absolute Gasteiger partial charge is 0.373 e. The van der Waals surface area contributed by atoms with Gasteiger partial charge in [-0.2, -0.15) is 0 Å². The molecule has 0 aromatic heterocycles. The van der Waals surface area contributed by atoms with E-state index in [1.807, 2.05) is 38.1 Å². The summed E-state index contributed by atoms with van der Waals surface area (Å²) in [6.45, 7) is 20.4. The van der Waals surface area contributed by atoms with Gasteiger partial charge in [0.1, 0.15) is 0 Å². The molecule has 0 spiro atoms. The van der Waals surface area contributed by atoms with Gasteiger partial charge < -0.3 is 0 Å². The summed E-state index contributed by atoms with van der Waals surface area (Å²) in [5.41, 5.74) is 1.82. The third kappa shape index (κ3) is 7.64. The molecule has 0 atom stereocenters. The minimum absolute atomic E-state index is 0.0413. The third-order valence-corrected chi connectivity index (χ3v) is 6.15. The molecule has 0 aliphatic heterocycles. The molecule has 2 aromatic carbocycles. The molecule has 2 radical (unpaired) electrons. The van der Waals surface area contributed by atoms with Crippen molar-refractivity contribution in [2.24, 2.45) is 5.41 Å². The number of carbonyl (C=O) groups excluding carboxylic acids is 2. The Morgan fingerprint density at radius 2 is 0.943 bits per heavy atom. The second-order valence-electron chi connectivity index (χ2n) is 10.8. The fourth-order valence-electron chi connectivity index (χ4n) is 3.19. The van der Waals surface area contributed by atoms with Gasteiger partial charge in [-0.15, -0.1) is 9.78 Å². The highest BCUT2D eigenvalue weighted by atomic mass is 17.3. The van der Waals surface area contributed by atoms with Crippen molar-refractivity contribution >= 4 is 11.9 Å². The minimum Gasteiger partial charge on any atom is -0.289 e. The van der Waals surface area contributed by atoms with E-state index in [0.29, 0.717) is 24.0 Å². The van der Waals surface area contributed by atoms with Crippen molar-refractivity contribution in [3.8, 4) is 0 Å². The third-order valence-electron chi connectivity index (χ3n) is 6.15. The molecule has 0 amide bonds. The zero-order valence-corrected chi connectivity index (χ0v) is 22.2. The Morgan fingerprint density at radius 3 is 1.20 bits per heavy atom. The zero-order chi connectivity index (χ0) is 26.4. The van der Waals surface area contributed by atoms with Gasteiger partial charge in [0, 0.05) is 5.41 Å². The van der Waals surface area contributed by atoms with E-state index in [1.54, 1.807) is 24.3 Å². The van der Waals surface area contributed by atoms with Crippen LogP contribution in [0.3, 0.4) is 0 Å². The van der Waals surface area contributed by atoms with Gasteiger partial charge in [-0.25, -0.2) is 9.59 Å². The Labute approximate surface area is 209 Å². The van der Waals surface area contributed by atoms with Gasteiger partial charge in [-0.3, -0.25) is 9.78 Å². The summed E-state index contributed by atoms with van der Waals surface area (Å²) in [6.07, 6.45) is 0.782. The van der Waals surface area contributed by atoms with Crippen LogP contribution in [0.1, 0.15) is 100 Å². The monoisotopic (exact) mass is 482 g/mol. The molecule has 2 aromatic rings. The summed E-state index contributed by atoms with van der Waals surface area (Å²) in [5.74, 6) is -1.41. The lowest BCUT2D eigenvalue weighted by Gasteiger charge is -2.30. The molecule has 0 N–H and O–H groups in total. The summed E-state index contributed by atoms with van der Waals surface area (Å²) in [5, 5.41) is 0. The SMILES string of the molecule is [CH2]C(CC)(CC)[C](OOC(=O)c1ccc(C(C)(C)C)cc1)OOC(=O)c1ccc(C(C)(C)C)cc1. The van der Waals surface area contributed by atoms with Crippen LogP contribution in [-0.2, 0) is 30.4 Å². The molecule has 6 nitrogen and oxygen atoms in total. The summed E-state index contributed by atoms with van der Waals surface area (Å²) in [7, 11) is 0. The van der Waals surface area contributed by atoms with E-state index in [9.17, 15) is 9.59 Å². The van der Waals surface area contributed by atoms with Crippen molar-refractivity contribution in [3.05, 3.63) is 84.0 Å². The molecule has 0 saturated heterocycles. The molecule has 0 unspecified atom stereocenters. The molecule has 0 aliphatic carbocycles. The molecule has 35 heavy (non-hydrogen) atoms. The predicted molar refractivity (Wildman–Crippen MR) is 135 cm³/mol. The number of carbonyl (C=O) groups is 2. The van der Waals surface area contributed by atoms with Gasteiger partial charge in [0.05, 0.1) is 11.1 Å². The number of rotatable bonds is 9. The standard InChI is InChI=1S/C29H38O6/c1-10-29(9,11-2)26(34-32-24(30)20-12-16-22(17-13-20)27(3,4)5)35-33-25(31)21-14-18-23(19-15-21)28(6,7)8/h12-19H,9-11H2,1-8H3. The second-order valence-corrected chi connectivity index (χ2v) is 10.8. The fraction of sp³-hybridized carbons (Fsp3) is 0.448. The van der Waals surface area contributed by atoms with Gasteiger partial charge in [0.25, 0.3) is 0 Å². The highest BCUT2D eigenvalue weighted by Crippen LogP contribution is 2.38. The first kappa shape index (κ1) is 28.5. The van der Waals surface area contributed by atoms with Crippen LogP contribution < -0.4 is 0 Å². The van der Waals surface area contributed by atoms with Crippen LogP contribution in [0, 0.1) is 18.6 Å². The lowest BCUT2D eigenvalue weighted by molar-refractivity contribution is -0.381. The normalized spacial score (nSPS) is 12.5. The van der Waals surface area contributed by atoms with E-state index in [2.05, 4.69) is 48.5 Å². The van der Waals surface area contributed by atoms with Crippen molar-refractivity contribution in [2.45, 2.75) is 79.1 Å². The topological polar surface area (TPSA) is 71.1 Å². The molecule has 6 heteroatoms. The summed E-state index contributed by atoms with van der Waals surface area (Å²) in [6, 6.07) is 14.2. The molecule has 2 rings (SSSR count). The van der Waals surface area contributed by atoms with E-state index in [-0.39, 0.29) is 17.1 Å². The minimum atomic E-state index is -0.896. The maximum Gasteiger partial charge on any atom is 0.373 e. The summed E-state index contributed by atoms with van der Waals surface area (Å²) < 4.78 is 0. The molecule has 0 fully saturated rings. The highest BCUT2D eigenvalue weighted by molar-refractivity contribution is 5.89. The maximum absolute atomic E-state index is 12.5. The molecular formula is C29H38O6. The lowest BCUT2D eigenvalue weighted by atomic mass is 9.84. The average molecular weight is 483 g/mol. The summed E-state index contributed by atoms with van der Waals surface area (Å²) >= 11 is 0. The fourth-order valence-corrected chi connectivity index (χ4v) is 3.19. The lowest BCUT2D eigenvalue weighted by Crippen LogP contribution is -2.31. The van der Waals surface area contributed by atoms with Crippen LogP contribution in [0.5, 0.6) is 0 Å². The van der Waals surface area contributed by atoms with Gasteiger partial charge >= 0.3 is 18.2 Å². The van der Waals surface area contributed by atoms with Gasteiger partial charge in [-0.1, -0.05) is 79.7 Å². The molecule has 0 bridgehead atoms. The van der Waals surface area contributed by atoms with Crippen molar-refractivity contribution in [1.82, 2.24) is 0 Å². The smallest absolute Gasteiger partial charge is 0.289 e. The van der Waals surface area contributed by atoms with Crippen LogP contribution in [0.2, 0.25) is 0 Å². The molecule has 0 aliphatic rings. The van der Waals surface area contributed by atoms with Gasteiger partial charge in [0.15, 0.2) is 0 Å². The Morgan fingerprint density at radius 1 is 0.629 bits per heavy atom. The highest BCUT2D eigenvalue weighted by Gasteiger charge is 2.40. The van der Waals surface area contributed by atoms with Crippen molar-refractivity contribution < 1.29 is 29.1 Å². The Kier molecular flexibility index (Phi) is 9.26. The molecular weight excluding hydrogens is 444 g/mol. The van der Waals surface area contributed by atoms with Crippen molar-refractivity contribution in [1.29, 1.82) is 0 Å². The van der Waals surface area contributed by atoms with Gasteiger partial charge in [0.2, 0.25) is 0 Å². The number of hydrogen-bond acceptors (Lipinski definition) is 6. The van der Waals surface area contributed by atoms with E-state index in [0.717, 1.165) is 11.1 Å². The molecule has 190 valence electrons. The van der Waals surface area contributed by atoms with E-state index in [1.165, 1.54) is 0 Å². The van der Waals surface area contributed by atoms with Gasteiger partial charge in [-0.05, 0) is 66.0 Å². The Balaban J connectivity index is 2.07.